The Morgan fingerprint density at radius 3 is 2.73 bits per heavy atom. The van der Waals surface area contributed by atoms with Crippen LogP contribution in [0.2, 0.25) is 0 Å². The third kappa shape index (κ3) is 4.34. The van der Waals surface area contributed by atoms with Crippen LogP contribution < -0.4 is 0 Å². The molecular weight excluding hydrogens is 210 g/mol. The summed E-state index contributed by atoms with van der Waals surface area (Å²) >= 11 is 1.71. The summed E-state index contributed by atoms with van der Waals surface area (Å²) in [6.07, 6.45) is 2.78. The van der Waals surface area contributed by atoms with Crippen molar-refractivity contribution in [3.05, 3.63) is 24.0 Å². The van der Waals surface area contributed by atoms with E-state index in [2.05, 4.69) is 18.8 Å². The van der Waals surface area contributed by atoms with Crippen molar-refractivity contribution in [2.45, 2.75) is 25.2 Å². The lowest BCUT2D eigenvalue weighted by molar-refractivity contribution is 0.0690. The van der Waals surface area contributed by atoms with Gasteiger partial charge >= 0.3 is 5.97 Å². The van der Waals surface area contributed by atoms with E-state index in [9.17, 15) is 4.79 Å². The fraction of sp³-hybridized carbons (Fsp3) is 0.455. The van der Waals surface area contributed by atoms with Crippen LogP contribution in [-0.4, -0.2) is 21.8 Å². The van der Waals surface area contributed by atoms with E-state index in [4.69, 9.17) is 5.11 Å². The Balaban J connectivity index is 2.46. The summed E-state index contributed by atoms with van der Waals surface area (Å²) in [6.45, 7) is 4.37. The van der Waals surface area contributed by atoms with Crippen molar-refractivity contribution in [2.24, 2.45) is 5.92 Å². The second kappa shape index (κ2) is 5.75. The number of pyridine rings is 1. The normalized spacial score (nSPS) is 10.6. The first-order valence-corrected chi connectivity index (χ1v) is 5.90. The minimum Gasteiger partial charge on any atom is -0.477 e. The fourth-order valence-corrected chi connectivity index (χ4v) is 2.12. The number of rotatable bonds is 5. The zero-order valence-corrected chi connectivity index (χ0v) is 9.75. The van der Waals surface area contributed by atoms with Crippen LogP contribution in [0.25, 0.3) is 0 Å². The zero-order chi connectivity index (χ0) is 11.3. The molecule has 15 heavy (non-hydrogen) atoms. The average Bonchev–Trinajstić information content (AvgIpc) is 2.18. The molecule has 0 radical (unpaired) electrons. The van der Waals surface area contributed by atoms with Crippen molar-refractivity contribution in [2.75, 3.05) is 5.75 Å². The molecular formula is C11H15NO2S. The smallest absolute Gasteiger partial charge is 0.354 e. The first-order valence-electron chi connectivity index (χ1n) is 4.91. The van der Waals surface area contributed by atoms with E-state index in [1.165, 1.54) is 0 Å². The molecule has 82 valence electrons. The molecule has 0 saturated carbocycles. The average molecular weight is 225 g/mol. The highest BCUT2D eigenvalue weighted by atomic mass is 32.2. The van der Waals surface area contributed by atoms with Gasteiger partial charge in [-0.3, -0.25) is 0 Å². The van der Waals surface area contributed by atoms with E-state index < -0.39 is 5.97 Å². The van der Waals surface area contributed by atoms with E-state index in [-0.39, 0.29) is 5.69 Å². The highest BCUT2D eigenvalue weighted by molar-refractivity contribution is 7.99. The summed E-state index contributed by atoms with van der Waals surface area (Å²) in [7, 11) is 0. The molecule has 0 atom stereocenters. The standard InChI is InChI=1S/C11H15NO2S/c1-8(2)5-6-15-9-3-4-10(11(13)14)12-7-9/h3-4,7-8H,5-6H2,1-2H3,(H,13,14). The molecule has 0 spiro atoms. The Kier molecular flexibility index (Phi) is 4.62. The van der Waals surface area contributed by atoms with Crippen LogP contribution in [0.3, 0.4) is 0 Å². The van der Waals surface area contributed by atoms with E-state index in [0.717, 1.165) is 17.1 Å². The third-order valence-electron chi connectivity index (χ3n) is 1.92. The molecule has 1 aromatic rings. The Labute approximate surface area is 93.9 Å². The first-order chi connectivity index (χ1) is 7.09. The molecule has 3 nitrogen and oxygen atoms in total. The van der Waals surface area contributed by atoms with Crippen LogP contribution in [0, 0.1) is 5.92 Å². The molecule has 0 aliphatic heterocycles. The zero-order valence-electron chi connectivity index (χ0n) is 8.93. The summed E-state index contributed by atoms with van der Waals surface area (Å²) < 4.78 is 0. The highest BCUT2D eigenvalue weighted by Crippen LogP contribution is 2.19. The molecule has 1 aromatic heterocycles. The van der Waals surface area contributed by atoms with Gasteiger partial charge < -0.3 is 5.11 Å². The van der Waals surface area contributed by atoms with Gasteiger partial charge in [0.15, 0.2) is 0 Å². The van der Waals surface area contributed by atoms with Crippen LogP contribution in [0.4, 0.5) is 0 Å². The van der Waals surface area contributed by atoms with Crippen LogP contribution in [-0.2, 0) is 0 Å². The van der Waals surface area contributed by atoms with Gasteiger partial charge in [-0.25, -0.2) is 9.78 Å². The maximum Gasteiger partial charge on any atom is 0.354 e. The molecule has 1 rings (SSSR count). The van der Waals surface area contributed by atoms with Crippen molar-refractivity contribution in [1.29, 1.82) is 0 Å². The van der Waals surface area contributed by atoms with Gasteiger partial charge in [0.1, 0.15) is 5.69 Å². The molecule has 0 aliphatic carbocycles. The van der Waals surface area contributed by atoms with Gasteiger partial charge in [-0.1, -0.05) is 13.8 Å². The largest absolute Gasteiger partial charge is 0.477 e. The molecule has 0 bridgehead atoms. The maximum atomic E-state index is 10.5. The molecule has 1 heterocycles. The molecule has 1 N–H and O–H groups in total. The van der Waals surface area contributed by atoms with E-state index >= 15 is 0 Å². The van der Waals surface area contributed by atoms with Gasteiger partial charge in [0.05, 0.1) is 0 Å². The molecule has 0 fully saturated rings. The lowest BCUT2D eigenvalue weighted by atomic mass is 10.2. The van der Waals surface area contributed by atoms with Gasteiger partial charge in [0.2, 0.25) is 0 Å². The number of carboxylic acids is 1. The Bertz CT molecular complexity index is 322. The summed E-state index contributed by atoms with van der Waals surface area (Å²) in [5, 5.41) is 8.66. The number of aromatic carboxylic acids is 1. The molecule has 0 aromatic carbocycles. The van der Waals surface area contributed by atoms with Crippen LogP contribution in [0.1, 0.15) is 30.8 Å². The Morgan fingerprint density at radius 1 is 1.53 bits per heavy atom. The Morgan fingerprint density at radius 2 is 2.27 bits per heavy atom. The monoisotopic (exact) mass is 225 g/mol. The van der Waals surface area contributed by atoms with Crippen LogP contribution in [0.15, 0.2) is 23.2 Å². The second-order valence-electron chi connectivity index (χ2n) is 3.72. The molecule has 4 heteroatoms. The predicted molar refractivity (Wildman–Crippen MR) is 61.4 cm³/mol. The first kappa shape index (κ1) is 12.0. The number of aromatic nitrogens is 1. The van der Waals surface area contributed by atoms with E-state index in [1.807, 2.05) is 0 Å². The summed E-state index contributed by atoms with van der Waals surface area (Å²) in [6, 6.07) is 3.35. The maximum absolute atomic E-state index is 10.5. The van der Waals surface area contributed by atoms with Gasteiger partial charge in [-0.05, 0) is 30.2 Å². The van der Waals surface area contributed by atoms with Crippen molar-refractivity contribution < 1.29 is 9.90 Å². The minimum absolute atomic E-state index is 0.100. The van der Waals surface area contributed by atoms with Gasteiger partial charge in [0.25, 0.3) is 0 Å². The van der Waals surface area contributed by atoms with E-state index in [1.54, 1.807) is 30.1 Å². The van der Waals surface area contributed by atoms with Crippen LogP contribution in [0.5, 0.6) is 0 Å². The fourth-order valence-electron chi connectivity index (χ4n) is 1.00. The lowest BCUT2D eigenvalue weighted by Crippen LogP contribution is -1.99. The van der Waals surface area contributed by atoms with E-state index in [0.29, 0.717) is 5.92 Å². The SMILES string of the molecule is CC(C)CCSc1ccc(C(=O)O)nc1. The molecule has 0 saturated heterocycles. The quantitative estimate of drug-likeness (QED) is 0.783. The van der Waals surface area contributed by atoms with Crippen molar-refractivity contribution >= 4 is 17.7 Å². The van der Waals surface area contributed by atoms with Gasteiger partial charge in [-0.15, -0.1) is 11.8 Å². The molecule has 0 amide bonds. The summed E-state index contributed by atoms with van der Waals surface area (Å²) in [5.74, 6) is 0.767. The number of carbonyl (C=O) groups is 1. The summed E-state index contributed by atoms with van der Waals surface area (Å²) in [4.78, 5) is 15.4. The number of thioether (sulfide) groups is 1. The van der Waals surface area contributed by atoms with Gasteiger partial charge in [-0.2, -0.15) is 0 Å². The number of hydrogen-bond acceptors (Lipinski definition) is 3. The van der Waals surface area contributed by atoms with Crippen molar-refractivity contribution in [3.8, 4) is 0 Å². The highest BCUT2D eigenvalue weighted by Gasteiger charge is 2.03. The summed E-state index contributed by atoms with van der Waals surface area (Å²) in [5.41, 5.74) is 0.100. The lowest BCUT2D eigenvalue weighted by Gasteiger charge is -2.04. The number of carboxylic acid groups (broad SMARTS) is 1. The second-order valence-corrected chi connectivity index (χ2v) is 4.88. The Hall–Kier alpha value is -1.03. The molecule has 0 unspecified atom stereocenters. The predicted octanol–water partition coefficient (Wildman–Crippen LogP) is 2.92. The van der Waals surface area contributed by atoms with Crippen LogP contribution >= 0.6 is 11.8 Å². The van der Waals surface area contributed by atoms with Crippen molar-refractivity contribution in [3.63, 3.8) is 0 Å². The van der Waals surface area contributed by atoms with Crippen molar-refractivity contribution in [1.82, 2.24) is 4.98 Å². The minimum atomic E-state index is -0.978. The molecule has 0 aliphatic rings. The van der Waals surface area contributed by atoms with Gasteiger partial charge in [0, 0.05) is 11.1 Å². The topological polar surface area (TPSA) is 50.2 Å². The number of hydrogen-bond donors (Lipinski definition) is 1. The third-order valence-corrected chi connectivity index (χ3v) is 2.93. The number of nitrogens with zero attached hydrogens (tertiary/aromatic N) is 1.